The van der Waals surface area contributed by atoms with Gasteiger partial charge in [0.2, 0.25) is 0 Å². The van der Waals surface area contributed by atoms with E-state index >= 15 is 0 Å². The predicted molar refractivity (Wildman–Crippen MR) is 101 cm³/mol. The fourth-order valence-electron chi connectivity index (χ4n) is 2.14. The summed E-state index contributed by atoms with van der Waals surface area (Å²) in [6.45, 7) is 1.81. The molecule has 2 amide bonds. The number of nitrogens with zero attached hydrogens (tertiary/aromatic N) is 2. The highest BCUT2D eigenvalue weighted by Gasteiger charge is 2.12. The number of anilines is 2. The molecule has 0 bridgehead atoms. The highest BCUT2D eigenvalue weighted by molar-refractivity contribution is 6.43. The first kappa shape index (κ1) is 17.5. The number of urea groups is 1. The number of H-pyrrole nitrogens is 1. The van der Waals surface area contributed by atoms with Crippen molar-refractivity contribution in [3.05, 3.63) is 57.3 Å². The molecule has 128 valence electrons. The van der Waals surface area contributed by atoms with Crippen LogP contribution in [-0.2, 0) is 0 Å². The van der Waals surface area contributed by atoms with Crippen molar-refractivity contribution in [2.75, 3.05) is 10.6 Å². The van der Waals surface area contributed by atoms with Crippen LogP contribution in [0.5, 0.6) is 0 Å². The van der Waals surface area contributed by atoms with Crippen LogP contribution in [0.4, 0.5) is 16.3 Å². The van der Waals surface area contributed by atoms with Gasteiger partial charge in [-0.25, -0.2) is 9.78 Å². The molecular formula is C16H12Cl3N5O. The van der Waals surface area contributed by atoms with E-state index in [1.54, 1.807) is 36.5 Å². The number of aromatic amines is 1. The van der Waals surface area contributed by atoms with E-state index in [1.807, 2.05) is 6.92 Å². The van der Waals surface area contributed by atoms with Crippen LogP contribution in [0.1, 0.15) is 5.56 Å². The van der Waals surface area contributed by atoms with Gasteiger partial charge in [0.15, 0.2) is 5.82 Å². The largest absolute Gasteiger partial charge is 0.324 e. The molecule has 1 aromatic carbocycles. The van der Waals surface area contributed by atoms with Crippen molar-refractivity contribution < 1.29 is 4.79 Å². The minimum atomic E-state index is -0.458. The number of amides is 2. The maximum Gasteiger partial charge on any atom is 0.324 e. The third kappa shape index (κ3) is 4.04. The third-order valence-electron chi connectivity index (χ3n) is 3.38. The van der Waals surface area contributed by atoms with Crippen molar-refractivity contribution in [2.24, 2.45) is 0 Å². The van der Waals surface area contributed by atoms with Crippen molar-refractivity contribution >= 4 is 52.3 Å². The Morgan fingerprint density at radius 1 is 1.16 bits per heavy atom. The third-order valence-corrected chi connectivity index (χ3v) is 4.40. The summed E-state index contributed by atoms with van der Waals surface area (Å²) in [5.41, 5.74) is 2.66. The van der Waals surface area contributed by atoms with Gasteiger partial charge in [0.1, 0.15) is 5.15 Å². The van der Waals surface area contributed by atoms with Crippen LogP contribution in [0.15, 0.2) is 36.5 Å². The van der Waals surface area contributed by atoms with Crippen LogP contribution in [0.25, 0.3) is 11.3 Å². The lowest BCUT2D eigenvalue weighted by Crippen LogP contribution is -2.20. The minimum Gasteiger partial charge on any atom is -0.307 e. The molecule has 0 unspecified atom stereocenters. The summed E-state index contributed by atoms with van der Waals surface area (Å²) in [6, 6.07) is 8.04. The fraction of sp³-hybridized carbons (Fsp3) is 0.0625. The molecule has 2 aromatic heterocycles. The van der Waals surface area contributed by atoms with Crippen LogP contribution in [-0.4, -0.2) is 21.2 Å². The zero-order valence-corrected chi connectivity index (χ0v) is 15.2. The first-order chi connectivity index (χ1) is 11.9. The van der Waals surface area contributed by atoms with Gasteiger partial charge in [0.05, 0.1) is 15.7 Å². The second kappa shape index (κ2) is 7.31. The van der Waals surface area contributed by atoms with Gasteiger partial charge in [-0.1, -0.05) is 46.9 Å². The van der Waals surface area contributed by atoms with Crippen molar-refractivity contribution in [3.8, 4) is 11.3 Å². The molecule has 0 aliphatic carbocycles. The molecule has 0 atom stereocenters. The Kier molecular flexibility index (Phi) is 5.13. The van der Waals surface area contributed by atoms with Gasteiger partial charge < -0.3 is 5.32 Å². The van der Waals surface area contributed by atoms with Gasteiger partial charge in [-0.3, -0.25) is 10.4 Å². The van der Waals surface area contributed by atoms with Crippen molar-refractivity contribution in [3.63, 3.8) is 0 Å². The van der Waals surface area contributed by atoms with Gasteiger partial charge in [0.25, 0.3) is 0 Å². The number of carbonyl (C=O) groups is 1. The van der Waals surface area contributed by atoms with Crippen LogP contribution in [0, 0.1) is 6.92 Å². The Bertz CT molecular complexity index is 941. The summed E-state index contributed by atoms with van der Waals surface area (Å²) >= 11 is 18.0. The van der Waals surface area contributed by atoms with Crippen molar-refractivity contribution in [1.29, 1.82) is 0 Å². The average molecular weight is 397 g/mol. The second-order valence-corrected chi connectivity index (χ2v) is 6.34. The number of aromatic nitrogens is 3. The number of rotatable bonds is 3. The van der Waals surface area contributed by atoms with Gasteiger partial charge >= 0.3 is 6.03 Å². The Morgan fingerprint density at radius 2 is 1.96 bits per heavy atom. The first-order valence-corrected chi connectivity index (χ1v) is 8.27. The Balaban J connectivity index is 1.74. The molecule has 25 heavy (non-hydrogen) atoms. The molecular weight excluding hydrogens is 385 g/mol. The van der Waals surface area contributed by atoms with E-state index in [2.05, 4.69) is 25.8 Å². The number of carbonyl (C=O) groups excluding carboxylic acids is 1. The Morgan fingerprint density at radius 3 is 2.76 bits per heavy atom. The van der Waals surface area contributed by atoms with E-state index in [-0.39, 0.29) is 0 Å². The predicted octanol–water partition coefficient (Wildman–Crippen LogP) is 5.38. The standard InChI is InChI=1S/C16H12Cl3N5O/c1-8-7-20-13(18)5-11(8)21-16(25)22-14-6-12(23-24-14)9-3-2-4-10(17)15(9)19/h2-7H,1H3,(H3,20,21,22,23,24,25). The topological polar surface area (TPSA) is 82.7 Å². The van der Waals surface area contributed by atoms with E-state index < -0.39 is 6.03 Å². The summed E-state index contributed by atoms with van der Waals surface area (Å²) in [7, 11) is 0. The van der Waals surface area contributed by atoms with Gasteiger partial charge in [-0.15, -0.1) is 0 Å². The normalized spacial score (nSPS) is 10.6. The molecule has 6 nitrogen and oxygen atoms in total. The van der Waals surface area contributed by atoms with E-state index in [0.717, 1.165) is 5.56 Å². The molecule has 0 fully saturated rings. The lowest BCUT2D eigenvalue weighted by Gasteiger charge is -2.08. The maximum absolute atomic E-state index is 12.1. The number of hydrogen-bond donors (Lipinski definition) is 3. The van der Waals surface area contributed by atoms with Crippen LogP contribution >= 0.6 is 34.8 Å². The number of nitrogens with one attached hydrogen (secondary N) is 3. The van der Waals surface area contributed by atoms with E-state index in [1.165, 1.54) is 0 Å². The molecule has 0 aliphatic heterocycles. The van der Waals surface area contributed by atoms with Gasteiger partial charge in [-0.2, -0.15) is 5.10 Å². The maximum atomic E-state index is 12.1. The molecule has 0 saturated carbocycles. The molecule has 0 spiro atoms. The molecule has 0 saturated heterocycles. The summed E-state index contributed by atoms with van der Waals surface area (Å²) in [5, 5.41) is 13.3. The lowest BCUT2D eigenvalue weighted by molar-refractivity contribution is 0.262. The zero-order valence-electron chi connectivity index (χ0n) is 12.9. The number of halogens is 3. The summed E-state index contributed by atoms with van der Waals surface area (Å²) < 4.78 is 0. The number of pyridine rings is 1. The second-order valence-electron chi connectivity index (χ2n) is 5.17. The van der Waals surface area contributed by atoms with Gasteiger partial charge in [0, 0.05) is 23.5 Å². The van der Waals surface area contributed by atoms with Crippen LogP contribution in [0.3, 0.4) is 0 Å². The van der Waals surface area contributed by atoms with Crippen LogP contribution in [0.2, 0.25) is 15.2 Å². The van der Waals surface area contributed by atoms with Crippen molar-refractivity contribution in [1.82, 2.24) is 15.2 Å². The smallest absolute Gasteiger partial charge is 0.307 e. The van der Waals surface area contributed by atoms with E-state index in [9.17, 15) is 4.79 Å². The number of aryl methyl sites for hydroxylation is 1. The van der Waals surface area contributed by atoms with E-state index in [4.69, 9.17) is 34.8 Å². The molecule has 0 radical (unpaired) electrons. The van der Waals surface area contributed by atoms with E-state index in [0.29, 0.717) is 38.0 Å². The quantitative estimate of drug-likeness (QED) is 0.519. The lowest BCUT2D eigenvalue weighted by atomic mass is 10.1. The van der Waals surface area contributed by atoms with Crippen molar-refractivity contribution in [2.45, 2.75) is 6.92 Å². The summed E-state index contributed by atoms with van der Waals surface area (Å²) in [5.74, 6) is 0.335. The molecule has 3 aromatic rings. The summed E-state index contributed by atoms with van der Waals surface area (Å²) in [4.78, 5) is 16.1. The fourth-order valence-corrected chi connectivity index (χ4v) is 2.70. The first-order valence-electron chi connectivity index (χ1n) is 7.14. The average Bonchev–Trinajstić information content (AvgIpc) is 3.01. The van der Waals surface area contributed by atoms with Crippen LogP contribution < -0.4 is 10.6 Å². The number of benzene rings is 1. The van der Waals surface area contributed by atoms with Gasteiger partial charge in [-0.05, 0) is 24.6 Å². The Labute approximate surface area is 158 Å². The Hall–Kier alpha value is -2.28. The molecule has 2 heterocycles. The highest BCUT2D eigenvalue weighted by atomic mass is 35.5. The molecule has 9 heteroatoms. The highest BCUT2D eigenvalue weighted by Crippen LogP contribution is 2.33. The molecule has 3 N–H and O–H groups in total. The minimum absolute atomic E-state index is 0.290. The molecule has 3 rings (SSSR count). The zero-order chi connectivity index (χ0) is 18.0. The number of hydrogen-bond acceptors (Lipinski definition) is 3. The monoisotopic (exact) mass is 395 g/mol. The summed E-state index contributed by atoms with van der Waals surface area (Å²) in [6.07, 6.45) is 1.58. The SMILES string of the molecule is Cc1cnc(Cl)cc1NC(=O)Nc1cc(-c2cccc(Cl)c2Cl)[nH]n1. The molecule has 0 aliphatic rings.